The first-order chi connectivity index (χ1) is 15.4. The summed E-state index contributed by atoms with van der Waals surface area (Å²) in [6.07, 6.45) is 0. The SMILES string of the molecule is COc1ccc(C(=O)C[n+]2c(O)[n+](-c3ccc(Cl)cc3)c(O)c3ccccc32)cc1OC. The number of methoxy groups -OCH3 is 2. The van der Waals surface area contributed by atoms with Crippen molar-refractivity contribution in [2.24, 2.45) is 0 Å². The van der Waals surface area contributed by atoms with E-state index in [1.165, 1.54) is 23.4 Å². The molecule has 7 nitrogen and oxygen atoms in total. The van der Waals surface area contributed by atoms with Crippen LogP contribution in [0, 0.1) is 0 Å². The molecule has 0 radical (unpaired) electrons. The van der Waals surface area contributed by atoms with Crippen molar-refractivity contribution in [1.29, 1.82) is 0 Å². The number of aromatic nitrogens is 2. The predicted octanol–water partition coefficient (Wildman–Crippen LogP) is 3.37. The number of Topliss-reactive ketones (excluding diaryl/α,β-unsaturated/α-hetero) is 1. The maximum Gasteiger partial charge on any atom is 0.638 e. The molecule has 32 heavy (non-hydrogen) atoms. The molecule has 0 aliphatic heterocycles. The van der Waals surface area contributed by atoms with Crippen LogP contribution < -0.4 is 18.6 Å². The molecule has 2 N–H and O–H groups in total. The first kappa shape index (κ1) is 21.4. The number of carbonyl (C=O) groups excluding carboxylic acids is 1. The Labute approximate surface area is 189 Å². The fourth-order valence-corrected chi connectivity index (χ4v) is 3.70. The smallest absolute Gasteiger partial charge is 0.493 e. The first-order valence-corrected chi connectivity index (χ1v) is 10.1. The van der Waals surface area contributed by atoms with Crippen LogP contribution in [0.1, 0.15) is 10.4 Å². The van der Waals surface area contributed by atoms with Gasteiger partial charge in [0.25, 0.3) is 0 Å². The number of benzene rings is 3. The topological polar surface area (TPSA) is 83.8 Å². The van der Waals surface area contributed by atoms with E-state index in [-0.39, 0.29) is 24.2 Å². The van der Waals surface area contributed by atoms with Crippen LogP contribution in [0.5, 0.6) is 23.4 Å². The number of aromatic hydroxyl groups is 2. The highest BCUT2D eigenvalue weighted by molar-refractivity contribution is 6.30. The maximum absolute atomic E-state index is 13.1. The van der Waals surface area contributed by atoms with E-state index in [1.807, 2.05) is 0 Å². The van der Waals surface area contributed by atoms with Crippen LogP contribution in [0.4, 0.5) is 0 Å². The Bertz CT molecular complexity index is 1320. The van der Waals surface area contributed by atoms with Crippen LogP contribution in [0.2, 0.25) is 5.02 Å². The number of fused-ring (bicyclic) bond motifs is 1. The minimum atomic E-state index is -0.308. The normalized spacial score (nSPS) is 10.8. The minimum Gasteiger partial charge on any atom is -0.493 e. The number of hydrogen-bond acceptors (Lipinski definition) is 5. The van der Waals surface area contributed by atoms with Crippen molar-refractivity contribution >= 4 is 28.3 Å². The van der Waals surface area contributed by atoms with Crippen LogP contribution in [-0.2, 0) is 6.54 Å². The Hall–Kier alpha value is -3.84. The summed E-state index contributed by atoms with van der Waals surface area (Å²) >= 11 is 5.98. The van der Waals surface area contributed by atoms with E-state index in [2.05, 4.69) is 0 Å². The summed E-state index contributed by atoms with van der Waals surface area (Å²) in [7, 11) is 3.01. The fourth-order valence-electron chi connectivity index (χ4n) is 3.57. The van der Waals surface area contributed by atoms with Gasteiger partial charge in [-0.15, -0.1) is 0 Å². The average molecular weight is 453 g/mol. The van der Waals surface area contributed by atoms with Gasteiger partial charge in [-0.1, -0.05) is 28.3 Å². The lowest BCUT2D eigenvalue weighted by Crippen LogP contribution is -2.48. The van der Waals surface area contributed by atoms with E-state index in [9.17, 15) is 15.0 Å². The molecule has 0 aliphatic carbocycles. The average Bonchev–Trinajstić information content (AvgIpc) is 2.82. The van der Waals surface area contributed by atoms with E-state index in [4.69, 9.17) is 21.1 Å². The minimum absolute atomic E-state index is 0.157. The van der Waals surface area contributed by atoms with Crippen molar-refractivity contribution in [3.8, 4) is 29.1 Å². The monoisotopic (exact) mass is 452 g/mol. The number of para-hydroxylation sites is 1. The van der Waals surface area contributed by atoms with Crippen LogP contribution >= 0.6 is 11.6 Å². The molecule has 4 aromatic rings. The van der Waals surface area contributed by atoms with Gasteiger partial charge in [-0.05, 0) is 41.0 Å². The Morgan fingerprint density at radius 1 is 0.938 bits per heavy atom. The van der Waals surface area contributed by atoms with Gasteiger partial charge < -0.3 is 19.7 Å². The molecule has 0 bridgehead atoms. The Kier molecular flexibility index (Phi) is 5.83. The highest BCUT2D eigenvalue weighted by Crippen LogP contribution is 2.28. The van der Waals surface area contributed by atoms with Crippen molar-refractivity contribution in [3.05, 3.63) is 77.3 Å². The summed E-state index contributed by atoms with van der Waals surface area (Å²) in [5, 5.41) is 23.0. The molecule has 3 aromatic carbocycles. The zero-order valence-corrected chi connectivity index (χ0v) is 18.2. The fraction of sp³-hybridized carbons (Fsp3) is 0.125. The zero-order chi connectivity index (χ0) is 22.8. The van der Waals surface area contributed by atoms with Gasteiger partial charge in [0.2, 0.25) is 23.5 Å². The van der Waals surface area contributed by atoms with Crippen molar-refractivity contribution in [3.63, 3.8) is 0 Å². The molecule has 0 fully saturated rings. The van der Waals surface area contributed by atoms with E-state index in [0.717, 1.165) is 0 Å². The predicted molar refractivity (Wildman–Crippen MR) is 118 cm³/mol. The molecular formula is C24H21ClN2O5+2. The van der Waals surface area contributed by atoms with E-state index in [0.29, 0.717) is 38.7 Å². The molecular weight excluding hydrogens is 432 g/mol. The molecule has 1 aromatic heterocycles. The second-order valence-corrected chi connectivity index (χ2v) is 7.47. The lowest BCUT2D eigenvalue weighted by molar-refractivity contribution is -0.774. The van der Waals surface area contributed by atoms with Crippen molar-refractivity contribution in [1.82, 2.24) is 0 Å². The first-order valence-electron chi connectivity index (χ1n) is 9.74. The maximum atomic E-state index is 13.1. The van der Waals surface area contributed by atoms with Crippen molar-refractivity contribution in [2.45, 2.75) is 6.54 Å². The molecule has 0 spiro atoms. The van der Waals surface area contributed by atoms with Crippen LogP contribution in [-0.4, -0.2) is 30.2 Å². The van der Waals surface area contributed by atoms with E-state index < -0.39 is 0 Å². The van der Waals surface area contributed by atoms with Gasteiger partial charge >= 0.3 is 11.9 Å². The number of nitrogens with zero attached hydrogens (tertiary/aromatic N) is 2. The Morgan fingerprint density at radius 2 is 1.62 bits per heavy atom. The summed E-state index contributed by atoms with van der Waals surface area (Å²) < 4.78 is 13.2. The van der Waals surface area contributed by atoms with Gasteiger partial charge in [-0.2, -0.15) is 0 Å². The van der Waals surface area contributed by atoms with Gasteiger partial charge in [0.15, 0.2) is 16.9 Å². The molecule has 162 valence electrons. The second-order valence-electron chi connectivity index (χ2n) is 7.03. The molecule has 0 saturated heterocycles. The molecule has 0 aliphatic rings. The number of halogens is 1. The summed E-state index contributed by atoms with van der Waals surface area (Å²) in [6.45, 7) is -0.171. The Morgan fingerprint density at radius 3 is 2.31 bits per heavy atom. The lowest BCUT2D eigenvalue weighted by atomic mass is 10.1. The number of ether oxygens (including phenoxy) is 2. The summed E-state index contributed by atoms with van der Waals surface area (Å²) in [4.78, 5) is 13.1. The molecule has 1 heterocycles. The molecule has 8 heteroatoms. The zero-order valence-electron chi connectivity index (χ0n) is 17.4. The summed E-state index contributed by atoms with van der Waals surface area (Å²) in [6, 6.07) is 18.2. The highest BCUT2D eigenvalue weighted by Gasteiger charge is 2.36. The number of carbonyl (C=O) groups is 1. The third kappa shape index (κ3) is 3.78. The quantitative estimate of drug-likeness (QED) is 0.346. The summed E-state index contributed by atoms with van der Waals surface area (Å²) in [5.41, 5.74) is 1.38. The van der Waals surface area contributed by atoms with Crippen LogP contribution in [0.25, 0.3) is 16.6 Å². The van der Waals surface area contributed by atoms with Gasteiger partial charge in [-0.25, -0.2) is 0 Å². The molecule has 0 atom stereocenters. The van der Waals surface area contributed by atoms with Gasteiger partial charge in [0, 0.05) is 28.8 Å². The number of rotatable bonds is 6. The number of hydrogen-bond donors (Lipinski definition) is 2. The van der Waals surface area contributed by atoms with E-state index in [1.54, 1.807) is 66.7 Å². The van der Waals surface area contributed by atoms with Gasteiger partial charge in [0.1, 0.15) is 0 Å². The summed E-state index contributed by atoms with van der Waals surface area (Å²) in [5.74, 6) is 0.523. The standard InChI is InChI=1S/C24H19ClN2O5/c1-31-21-12-7-15(13-22(21)32-2)20(28)14-26-19-6-4-3-5-18(19)23(29)27(24(26)30)17-10-8-16(25)9-11-17/h3-13H,14H2,1-2H3/p+2. The highest BCUT2D eigenvalue weighted by atomic mass is 35.5. The van der Waals surface area contributed by atoms with Crippen molar-refractivity contribution < 1.29 is 33.6 Å². The number of ketones is 1. The van der Waals surface area contributed by atoms with E-state index >= 15 is 0 Å². The molecule has 4 rings (SSSR count). The van der Waals surface area contributed by atoms with Gasteiger partial charge in [0.05, 0.1) is 14.2 Å². The third-order valence-electron chi connectivity index (χ3n) is 5.18. The second kappa shape index (κ2) is 8.72. The molecule has 0 amide bonds. The third-order valence-corrected chi connectivity index (χ3v) is 5.43. The largest absolute Gasteiger partial charge is 0.638 e. The van der Waals surface area contributed by atoms with Crippen molar-refractivity contribution in [2.75, 3.05) is 14.2 Å². The van der Waals surface area contributed by atoms with Gasteiger partial charge in [-0.3, -0.25) is 4.79 Å². The Balaban J connectivity index is 1.85. The lowest BCUT2D eigenvalue weighted by Gasteiger charge is -2.09. The molecule has 0 unspecified atom stereocenters. The van der Waals surface area contributed by atoms with Crippen LogP contribution in [0.15, 0.2) is 66.7 Å². The van der Waals surface area contributed by atoms with Crippen LogP contribution in [0.3, 0.4) is 0 Å². The molecule has 0 saturated carbocycles.